The number of alkyl halides is 3. The third-order valence-electron chi connectivity index (χ3n) is 2.82. The Morgan fingerprint density at radius 3 is 2.64 bits per heavy atom. The number of carbonyl (C=O) groups is 1. The van der Waals surface area contributed by atoms with Crippen molar-refractivity contribution >= 4 is 5.91 Å². The molecular weight excluding hydrogens is 299 g/mol. The number of nitrogens with one attached hydrogen (secondary N) is 1. The first-order valence-corrected chi connectivity index (χ1v) is 6.15. The number of nitrogen functional groups attached to an aromatic ring is 1. The fourth-order valence-electron chi connectivity index (χ4n) is 1.76. The molecule has 2 rings (SSSR count). The predicted molar refractivity (Wildman–Crippen MR) is 72.1 cm³/mol. The highest BCUT2D eigenvalue weighted by Gasteiger charge is 2.32. The Morgan fingerprint density at radius 2 is 2.00 bits per heavy atom. The zero-order valence-corrected chi connectivity index (χ0v) is 11.4. The van der Waals surface area contributed by atoms with E-state index in [1.807, 2.05) is 5.43 Å². The minimum absolute atomic E-state index is 0.0110. The third-order valence-corrected chi connectivity index (χ3v) is 2.82. The van der Waals surface area contributed by atoms with Crippen LogP contribution in [0.15, 0.2) is 36.4 Å². The number of hydrogen-bond acceptors (Lipinski definition) is 4. The molecule has 0 fully saturated rings. The molecule has 0 radical (unpaired) electrons. The predicted octanol–water partition coefficient (Wildman–Crippen LogP) is 2.80. The lowest BCUT2D eigenvalue weighted by molar-refractivity contribution is -0.138. The molecule has 0 bridgehead atoms. The van der Waals surface area contributed by atoms with Crippen molar-refractivity contribution in [3.8, 4) is 11.6 Å². The normalized spacial score (nSPS) is 11.1. The largest absolute Gasteiger partial charge is 0.439 e. The van der Waals surface area contributed by atoms with Crippen LogP contribution in [0.25, 0.3) is 0 Å². The molecule has 1 aromatic carbocycles. The van der Waals surface area contributed by atoms with Gasteiger partial charge in [0.2, 0.25) is 5.88 Å². The minimum Gasteiger partial charge on any atom is -0.439 e. The summed E-state index contributed by atoms with van der Waals surface area (Å²) in [6.07, 6.45) is -4.47. The van der Waals surface area contributed by atoms with Gasteiger partial charge in [0.15, 0.2) is 0 Å². The Morgan fingerprint density at radius 1 is 1.27 bits per heavy atom. The van der Waals surface area contributed by atoms with Crippen molar-refractivity contribution in [2.24, 2.45) is 5.84 Å². The van der Waals surface area contributed by atoms with Crippen LogP contribution in [0, 0.1) is 6.92 Å². The molecule has 0 unspecified atom stereocenters. The molecule has 3 N–H and O–H groups in total. The van der Waals surface area contributed by atoms with Gasteiger partial charge in [0.25, 0.3) is 5.91 Å². The number of nitrogens with two attached hydrogens (primary N) is 1. The molecule has 0 spiro atoms. The van der Waals surface area contributed by atoms with Crippen LogP contribution in [-0.2, 0) is 6.18 Å². The molecule has 0 saturated heterocycles. The van der Waals surface area contributed by atoms with Crippen molar-refractivity contribution in [1.29, 1.82) is 0 Å². The first-order chi connectivity index (χ1) is 10.3. The van der Waals surface area contributed by atoms with Gasteiger partial charge in [-0.2, -0.15) is 13.2 Å². The Balaban J connectivity index is 2.30. The molecule has 2 aromatic rings. The highest BCUT2D eigenvalue weighted by atomic mass is 19.4. The van der Waals surface area contributed by atoms with Gasteiger partial charge in [-0.15, -0.1) is 0 Å². The van der Waals surface area contributed by atoms with Gasteiger partial charge in [0.05, 0.1) is 5.56 Å². The molecule has 0 atom stereocenters. The summed E-state index contributed by atoms with van der Waals surface area (Å²) in [4.78, 5) is 15.2. The van der Waals surface area contributed by atoms with Gasteiger partial charge in [-0.25, -0.2) is 10.8 Å². The van der Waals surface area contributed by atoms with Crippen molar-refractivity contribution in [2.75, 3.05) is 0 Å². The second kappa shape index (κ2) is 6.02. The summed E-state index contributed by atoms with van der Waals surface area (Å²) in [5, 5.41) is 0. The van der Waals surface area contributed by atoms with E-state index in [2.05, 4.69) is 4.98 Å². The summed E-state index contributed by atoms with van der Waals surface area (Å²) in [6, 6.07) is 7.86. The maximum Gasteiger partial charge on any atom is 0.416 e. The van der Waals surface area contributed by atoms with Crippen LogP contribution >= 0.6 is 0 Å². The standard InChI is InChI=1S/C14H12F3N3O2/c1-8-5-6-9(7-10(8)14(15,16)17)22-12-4-2-3-11(19-12)13(21)20-18/h2-7H,18H2,1H3,(H,20,21). The number of pyridine rings is 1. The number of hydrogen-bond donors (Lipinski definition) is 2. The van der Waals surface area contributed by atoms with Gasteiger partial charge in [0.1, 0.15) is 11.4 Å². The second-order valence-electron chi connectivity index (χ2n) is 4.41. The van der Waals surface area contributed by atoms with E-state index < -0.39 is 17.6 Å². The van der Waals surface area contributed by atoms with Crippen molar-refractivity contribution < 1.29 is 22.7 Å². The van der Waals surface area contributed by atoms with E-state index in [4.69, 9.17) is 10.6 Å². The van der Waals surface area contributed by atoms with Gasteiger partial charge in [-0.3, -0.25) is 10.2 Å². The number of benzene rings is 1. The molecule has 1 amide bonds. The lowest BCUT2D eigenvalue weighted by atomic mass is 10.1. The highest BCUT2D eigenvalue weighted by molar-refractivity contribution is 5.91. The number of amides is 1. The summed E-state index contributed by atoms with van der Waals surface area (Å²) < 4.78 is 43.8. The fraction of sp³-hybridized carbons (Fsp3) is 0.143. The number of aromatic nitrogens is 1. The van der Waals surface area contributed by atoms with E-state index in [-0.39, 0.29) is 22.9 Å². The molecule has 116 valence electrons. The maximum atomic E-state index is 12.8. The quantitative estimate of drug-likeness (QED) is 0.519. The van der Waals surface area contributed by atoms with Gasteiger partial charge < -0.3 is 4.74 Å². The Hall–Kier alpha value is -2.61. The summed E-state index contributed by atoms with van der Waals surface area (Å²) in [6.45, 7) is 1.36. The molecule has 0 aliphatic heterocycles. The van der Waals surface area contributed by atoms with E-state index in [1.54, 1.807) is 0 Å². The Labute approximate surface area is 123 Å². The zero-order valence-electron chi connectivity index (χ0n) is 11.4. The number of rotatable bonds is 3. The van der Waals surface area contributed by atoms with Crippen LogP contribution in [0.2, 0.25) is 0 Å². The van der Waals surface area contributed by atoms with Crippen LogP contribution in [0.3, 0.4) is 0 Å². The number of halogens is 3. The number of hydrazine groups is 1. The van der Waals surface area contributed by atoms with E-state index in [1.165, 1.54) is 37.3 Å². The van der Waals surface area contributed by atoms with Gasteiger partial charge in [0, 0.05) is 6.07 Å². The van der Waals surface area contributed by atoms with Gasteiger partial charge in [-0.1, -0.05) is 12.1 Å². The van der Waals surface area contributed by atoms with Crippen LogP contribution in [-0.4, -0.2) is 10.9 Å². The topological polar surface area (TPSA) is 77.2 Å². The van der Waals surface area contributed by atoms with Crippen molar-refractivity contribution in [3.05, 3.63) is 53.2 Å². The van der Waals surface area contributed by atoms with Crippen molar-refractivity contribution in [1.82, 2.24) is 10.4 Å². The zero-order chi connectivity index (χ0) is 16.3. The fourth-order valence-corrected chi connectivity index (χ4v) is 1.76. The molecule has 1 heterocycles. The first kappa shape index (κ1) is 15.8. The Bertz CT molecular complexity index is 702. The molecule has 8 heteroatoms. The van der Waals surface area contributed by atoms with Crippen LogP contribution in [0.4, 0.5) is 13.2 Å². The van der Waals surface area contributed by atoms with Crippen molar-refractivity contribution in [3.63, 3.8) is 0 Å². The molecule has 0 aliphatic carbocycles. The highest BCUT2D eigenvalue weighted by Crippen LogP contribution is 2.34. The number of carbonyl (C=O) groups excluding carboxylic acids is 1. The average molecular weight is 311 g/mol. The van der Waals surface area contributed by atoms with Crippen molar-refractivity contribution in [2.45, 2.75) is 13.1 Å². The molecule has 5 nitrogen and oxygen atoms in total. The van der Waals surface area contributed by atoms with Crippen LogP contribution < -0.4 is 16.0 Å². The SMILES string of the molecule is Cc1ccc(Oc2cccc(C(=O)NN)n2)cc1C(F)(F)F. The lowest BCUT2D eigenvalue weighted by Gasteiger charge is -2.12. The second-order valence-corrected chi connectivity index (χ2v) is 4.41. The summed E-state index contributed by atoms with van der Waals surface area (Å²) in [5.41, 5.74) is 1.19. The molecule has 22 heavy (non-hydrogen) atoms. The first-order valence-electron chi connectivity index (χ1n) is 6.15. The summed E-state index contributed by atoms with van der Waals surface area (Å²) in [5.74, 6) is 4.30. The number of ether oxygens (including phenoxy) is 1. The molecule has 1 aromatic heterocycles. The summed E-state index contributed by atoms with van der Waals surface area (Å²) in [7, 11) is 0. The number of nitrogens with zero attached hydrogens (tertiary/aromatic N) is 1. The average Bonchev–Trinajstić information content (AvgIpc) is 2.47. The van der Waals surface area contributed by atoms with E-state index >= 15 is 0 Å². The molecular formula is C14H12F3N3O2. The van der Waals surface area contributed by atoms with E-state index in [0.717, 1.165) is 6.07 Å². The lowest BCUT2D eigenvalue weighted by Crippen LogP contribution is -2.30. The van der Waals surface area contributed by atoms with E-state index in [0.29, 0.717) is 0 Å². The molecule has 0 aliphatic rings. The molecule has 0 saturated carbocycles. The van der Waals surface area contributed by atoms with Crippen LogP contribution in [0.5, 0.6) is 11.6 Å². The number of aryl methyl sites for hydroxylation is 1. The van der Waals surface area contributed by atoms with E-state index in [9.17, 15) is 18.0 Å². The van der Waals surface area contributed by atoms with Crippen LogP contribution in [0.1, 0.15) is 21.6 Å². The van der Waals surface area contributed by atoms with Gasteiger partial charge in [-0.05, 0) is 30.7 Å². The minimum atomic E-state index is -4.47. The Kier molecular flexibility index (Phi) is 4.32. The monoisotopic (exact) mass is 311 g/mol. The smallest absolute Gasteiger partial charge is 0.416 e. The maximum absolute atomic E-state index is 12.8. The summed E-state index contributed by atoms with van der Waals surface area (Å²) >= 11 is 0. The third kappa shape index (κ3) is 3.53. The van der Waals surface area contributed by atoms with Gasteiger partial charge >= 0.3 is 6.18 Å².